The van der Waals surface area contributed by atoms with Crippen LogP contribution in [0.5, 0.6) is 0 Å². The van der Waals surface area contributed by atoms with Crippen molar-refractivity contribution in [2.24, 2.45) is 5.92 Å². The number of hydrogen-bond acceptors (Lipinski definition) is 0. The molecule has 0 atom stereocenters. The molecular weight excluding hydrogens is 453 g/mol. The summed E-state index contributed by atoms with van der Waals surface area (Å²) >= 11 is 0. The highest BCUT2D eigenvalue weighted by atomic mass is 19.2. The zero-order valence-electron chi connectivity index (χ0n) is 21.5. The maximum Gasteiger partial charge on any atom is 0.166 e. The molecule has 0 amide bonds. The second-order valence-corrected chi connectivity index (χ2v) is 10.2. The van der Waals surface area contributed by atoms with Crippen molar-refractivity contribution in [3.63, 3.8) is 0 Å². The van der Waals surface area contributed by atoms with E-state index in [4.69, 9.17) is 0 Å². The first-order valence-electron chi connectivity index (χ1n) is 13.5. The van der Waals surface area contributed by atoms with Crippen LogP contribution in [0.15, 0.2) is 66.7 Å². The molecule has 0 spiro atoms. The van der Waals surface area contributed by atoms with Gasteiger partial charge in [0.05, 0.1) is 0 Å². The van der Waals surface area contributed by atoms with Crippen LogP contribution < -0.4 is 0 Å². The average molecular weight is 491 g/mol. The van der Waals surface area contributed by atoms with E-state index in [1.54, 1.807) is 42.5 Å². The van der Waals surface area contributed by atoms with Crippen LogP contribution in [0, 0.1) is 23.4 Å². The first-order valence-corrected chi connectivity index (χ1v) is 13.5. The van der Waals surface area contributed by atoms with E-state index in [1.165, 1.54) is 19.3 Å². The number of hydrogen-bond donors (Lipinski definition) is 0. The van der Waals surface area contributed by atoms with Gasteiger partial charge < -0.3 is 0 Å². The molecule has 1 aliphatic rings. The van der Waals surface area contributed by atoms with Crippen LogP contribution in [0.25, 0.3) is 22.3 Å². The minimum absolute atomic E-state index is 0.229. The summed E-state index contributed by atoms with van der Waals surface area (Å²) in [5, 5.41) is 0. The zero-order valence-corrected chi connectivity index (χ0v) is 21.5. The normalized spacial score (nSPS) is 18.1. The van der Waals surface area contributed by atoms with E-state index >= 15 is 4.39 Å². The lowest BCUT2D eigenvalue weighted by Gasteiger charge is -2.28. The van der Waals surface area contributed by atoms with Crippen LogP contribution in [0.2, 0.25) is 0 Å². The van der Waals surface area contributed by atoms with Crippen molar-refractivity contribution < 1.29 is 13.2 Å². The van der Waals surface area contributed by atoms with Crippen LogP contribution >= 0.6 is 0 Å². The lowest BCUT2D eigenvalue weighted by atomic mass is 9.77. The molecule has 0 radical (unpaired) electrons. The van der Waals surface area contributed by atoms with Crippen molar-refractivity contribution >= 4 is 0 Å². The Labute approximate surface area is 214 Å². The molecule has 4 rings (SSSR count). The van der Waals surface area contributed by atoms with Gasteiger partial charge in [-0.15, -0.1) is 0 Å². The molecule has 0 bridgehead atoms. The summed E-state index contributed by atoms with van der Waals surface area (Å²) in [6, 6.07) is 16.0. The van der Waals surface area contributed by atoms with E-state index in [1.807, 2.05) is 13.0 Å². The predicted octanol–water partition coefficient (Wildman–Crippen LogP) is 10.4. The van der Waals surface area contributed by atoms with Gasteiger partial charge in [-0.25, -0.2) is 13.2 Å². The van der Waals surface area contributed by atoms with Gasteiger partial charge in [-0.05, 0) is 98.4 Å². The van der Waals surface area contributed by atoms with Gasteiger partial charge in [0.15, 0.2) is 11.6 Å². The first-order chi connectivity index (χ1) is 17.5. The fourth-order valence-corrected chi connectivity index (χ4v) is 5.50. The summed E-state index contributed by atoms with van der Waals surface area (Å²) in [7, 11) is 0. The lowest BCUT2D eigenvalue weighted by molar-refractivity contribution is 0.311. The molecule has 36 heavy (non-hydrogen) atoms. The number of benzene rings is 3. The number of unbranched alkanes of at least 4 members (excludes halogenated alkanes) is 1. The molecule has 3 heteroatoms. The topological polar surface area (TPSA) is 0 Å². The Kier molecular flexibility index (Phi) is 9.07. The molecule has 1 saturated carbocycles. The average Bonchev–Trinajstić information content (AvgIpc) is 2.90. The maximum atomic E-state index is 15.1. The van der Waals surface area contributed by atoms with Crippen LogP contribution in [0.1, 0.15) is 82.3 Å². The van der Waals surface area contributed by atoms with E-state index in [2.05, 4.69) is 25.1 Å². The summed E-state index contributed by atoms with van der Waals surface area (Å²) in [5.41, 5.74) is 3.58. The fraction of sp³-hybridized carbons (Fsp3) is 0.394. The Morgan fingerprint density at radius 2 is 1.47 bits per heavy atom. The summed E-state index contributed by atoms with van der Waals surface area (Å²) < 4.78 is 44.4. The molecule has 1 fully saturated rings. The summed E-state index contributed by atoms with van der Waals surface area (Å²) in [5.74, 6) is -0.604. The molecular formula is C33H37F3. The Bertz CT molecular complexity index is 1170. The van der Waals surface area contributed by atoms with Gasteiger partial charge >= 0.3 is 0 Å². The van der Waals surface area contributed by atoms with E-state index in [-0.39, 0.29) is 11.4 Å². The number of rotatable bonds is 9. The van der Waals surface area contributed by atoms with Crippen LogP contribution in [0.4, 0.5) is 13.2 Å². The van der Waals surface area contributed by atoms with Crippen molar-refractivity contribution in [1.82, 2.24) is 0 Å². The fourth-order valence-electron chi connectivity index (χ4n) is 5.50. The quantitative estimate of drug-likeness (QED) is 0.262. The second-order valence-electron chi connectivity index (χ2n) is 10.2. The smallest absolute Gasteiger partial charge is 0.166 e. The SMILES string of the molecule is CC=CCCC1CCC(c2ccc(-c3ccc(-c4ccc(CCCC)c(F)c4F)cc3)c(F)c2)CC1. The molecule has 190 valence electrons. The molecule has 0 N–H and O–H groups in total. The van der Waals surface area contributed by atoms with E-state index < -0.39 is 11.6 Å². The van der Waals surface area contributed by atoms with Crippen molar-refractivity contribution in [2.75, 3.05) is 0 Å². The van der Waals surface area contributed by atoms with Gasteiger partial charge in [-0.3, -0.25) is 0 Å². The zero-order chi connectivity index (χ0) is 25.5. The highest BCUT2D eigenvalue weighted by Gasteiger charge is 2.23. The van der Waals surface area contributed by atoms with Crippen LogP contribution in [-0.2, 0) is 6.42 Å². The first kappa shape index (κ1) is 26.3. The molecule has 3 aromatic carbocycles. The molecule has 0 aliphatic heterocycles. The van der Waals surface area contributed by atoms with Crippen molar-refractivity contribution in [3.8, 4) is 22.3 Å². The molecule has 0 aromatic heterocycles. The summed E-state index contributed by atoms with van der Waals surface area (Å²) in [6.45, 7) is 4.09. The summed E-state index contributed by atoms with van der Waals surface area (Å²) in [4.78, 5) is 0. The van der Waals surface area contributed by atoms with Gasteiger partial charge in [0.25, 0.3) is 0 Å². The van der Waals surface area contributed by atoms with Gasteiger partial charge in [-0.2, -0.15) is 0 Å². The monoisotopic (exact) mass is 490 g/mol. The maximum absolute atomic E-state index is 15.1. The van der Waals surface area contributed by atoms with Gasteiger partial charge in [0, 0.05) is 11.1 Å². The lowest BCUT2D eigenvalue weighted by Crippen LogP contribution is -2.13. The standard InChI is InChI=1S/C33H37F3/c1-3-5-7-8-23-10-12-24(13-11-23)28-19-20-29(31(34)22-28)25-14-16-26(17-15-25)30-21-18-27(9-6-4-2)32(35)33(30)36/h3,5,14-24H,4,6-13H2,1-2H3. The molecule has 0 nitrogen and oxygen atoms in total. The third kappa shape index (κ3) is 6.11. The number of allylic oxidation sites excluding steroid dienone is 2. The second kappa shape index (κ2) is 12.4. The van der Waals surface area contributed by atoms with Crippen LogP contribution in [-0.4, -0.2) is 0 Å². The van der Waals surface area contributed by atoms with Crippen molar-refractivity contribution in [1.29, 1.82) is 0 Å². The van der Waals surface area contributed by atoms with Gasteiger partial charge in [-0.1, -0.05) is 74.0 Å². The predicted molar refractivity (Wildman–Crippen MR) is 145 cm³/mol. The van der Waals surface area contributed by atoms with Crippen molar-refractivity contribution in [3.05, 3.63) is 95.3 Å². The molecule has 0 saturated heterocycles. The molecule has 1 aliphatic carbocycles. The minimum atomic E-state index is -0.816. The molecule has 3 aromatic rings. The van der Waals surface area contributed by atoms with Gasteiger partial charge in [0.2, 0.25) is 0 Å². The van der Waals surface area contributed by atoms with Crippen molar-refractivity contribution in [2.45, 2.75) is 77.6 Å². The Morgan fingerprint density at radius 1 is 0.806 bits per heavy atom. The Balaban J connectivity index is 1.45. The number of halogens is 3. The van der Waals surface area contributed by atoms with Crippen LogP contribution in [0.3, 0.4) is 0 Å². The Hall–Kier alpha value is -2.81. The minimum Gasteiger partial charge on any atom is -0.206 e. The number of aryl methyl sites for hydroxylation is 1. The van der Waals surface area contributed by atoms with Gasteiger partial charge in [0.1, 0.15) is 5.82 Å². The molecule has 0 heterocycles. The Morgan fingerprint density at radius 3 is 2.11 bits per heavy atom. The largest absolute Gasteiger partial charge is 0.206 e. The third-order valence-corrected chi connectivity index (χ3v) is 7.76. The molecule has 0 unspecified atom stereocenters. The highest BCUT2D eigenvalue weighted by Crippen LogP contribution is 2.39. The highest BCUT2D eigenvalue weighted by molar-refractivity contribution is 5.71. The van der Waals surface area contributed by atoms with E-state index in [0.717, 1.165) is 49.1 Å². The summed E-state index contributed by atoms with van der Waals surface area (Å²) in [6.07, 6.45) is 13.7. The third-order valence-electron chi connectivity index (χ3n) is 7.76. The van der Waals surface area contributed by atoms with E-state index in [9.17, 15) is 8.78 Å². The van der Waals surface area contributed by atoms with E-state index in [0.29, 0.717) is 29.0 Å².